The zero-order valence-electron chi connectivity index (χ0n) is 8.99. The summed E-state index contributed by atoms with van der Waals surface area (Å²) in [6, 6.07) is 2.88. The molecule has 0 amide bonds. The molecule has 0 aromatic heterocycles. The number of aryl methyl sites for hydroxylation is 1. The number of halogens is 1. The second kappa shape index (κ2) is 4.64. The van der Waals surface area contributed by atoms with Crippen molar-refractivity contribution in [3.63, 3.8) is 0 Å². The smallest absolute Gasteiger partial charge is 0.207 e. The molecule has 0 fully saturated rings. The van der Waals surface area contributed by atoms with Crippen LogP contribution in [0.15, 0.2) is 23.1 Å². The molecule has 1 atom stereocenters. The topological polar surface area (TPSA) is 46.2 Å². The minimum absolute atomic E-state index is 0.0380. The molecule has 0 aliphatic rings. The van der Waals surface area contributed by atoms with E-state index in [1.165, 1.54) is 13.0 Å². The number of hydrogen-bond acceptors (Lipinski definition) is 2. The molecule has 1 aromatic rings. The quantitative estimate of drug-likeness (QED) is 0.814. The SMILES string of the molecule is C#C[C@@H](C)NS(=O)(=O)c1ccc(F)cc1C. The van der Waals surface area contributed by atoms with Gasteiger partial charge in [0.25, 0.3) is 0 Å². The highest BCUT2D eigenvalue weighted by Gasteiger charge is 2.18. The van der Waals surface area contributed by atoms with Crippen molar-refractivity contribution >= 4 is 10.0 Å². The van der Waals surface area contributed by atoms with Crippen LogP contribution in [-0.2, 0) is 10.0 Å². The molecule has 0 saturated carbocycles. The van der Waals surface area contributed by atoms with Crippen LogP contribution in [0.3, 0.4) is 0 Å². The minimum Gasteiger partial charge on any atom is -0.207 e. The predicted octanol–water partition coefficient (Wildman–Crippen LogP) is 1.43. The van der Waals surface area contributed by atoms with Crippen molar-refractivity contribution in [2.75, 3.05) is 0 Å². The van der Waals surface area contributed by atoms with Gasteiger partial charge < -0.3 is 0 Å². The summed E-state index contributed by atoms with van der Waals surface area (Å²) >= 11 is 0. The van der Waals surface area contributed by atoms with Crippen molar-refractivity contribution in [2.45, 2.75) is 24.8 Å². The Morgan fingerprint density at radius 3 is 2.62 bits per heavy atom. The van der Waals surface area contributed by atoms with Crippen LogP contribution in [-0.4, -0.2) is 14.5 Å². The van der Waals surface area contributed by atoms with Crippen molar-refractivity contribution < 1.29 is 12.8 Å². The van der Waals surface area contributed by atoms with E-state index < -0.39 is 21.9 Å². The largest absolute Gasteiger partial charge is 0.241 e. The Labute approximate surface area is 94.7 Å². The molecular formula is C11H12FNO2S. The fourth-order valence-electron chi connectivity index (χ4n) is 1.24. The maximum Gasteiger partial charge on any atom is 0.241 e. The standard InChI is InChI=1S/C11H12FNO2S/c1-4-9(3)13-16(14,15)11-6-5-10(12)7-8(11)2/h1,5-7,9,13H,2-3H3/t9-/m1/s1. The number of terminal acetylenes is 1. The molecule has 0 unspecified atom stereocenters. The van der Waals surface area contributed by atoms with E-state index in [2.05, 4.69) is 10.6 Å². The van der Waals surface area contributed by atoms with Gasteiger partial charge in [-0.25, -0.2) is 12.8 Å². The summed E-state index contributed by atoms with van der Waals surface area (Å²) in [5.74, 6) is 1.79. The van der Waals surface area contributed by atoms with Gasteiger partial charge in [-0.15, -0.1) is 6.42 Å². The molecule has 0 heterocycles. The molecule has 5 heteroatoms. The van der Waals surface area contributed by atoms with E-state index in [-0.39, 0.29) is 4.90 Å². The lowest BCUT2D eigenvalue weighted by Gasteiger charge is -2.10. The zero-order valence-corrected chi connectivity index (χ0v) is 9.81. The number of hydrogen-bond donors (Lipinski definition) is 1. The van der Waals surface area contributed by atoms with Crippen molar-refractivity contribution in [3.8, 4) is 12.3 Å². The summed E-state index contributed by atoms with van der Waals surface area (Å²) in [5.41, 5.74) is 0.344. The molecular weight excluding hydrogens is 229 g/mol. The molecule has 1 rings (SSSR count). The molecule has 3 nitrogen and oxygen atoms in total. The Balaban J connectivity index is 3.14. The summed E-state index contributed by atoms with van der Waals surface area (Å²) in [7, 11) is -3.68. The van der Waals surface area contributed by atoms with Gasteiger partial charge >= 0.3 is 0 Å². The van der Waals surface area contributed by atoms with Gasteiger partial charge in [-0.05, 0) is 37.6 Å². The molecule has 0 spiro atoms. The molecule has 1 N–H and O–H groups in total. The monoisotopic (exact) mass is 241 g/mol. The summed E-state index contributed by atoms with van der Waals surface area (Å²) in [6.45, 7) is 3.08. The van der Waals surface area contributed by atoms with E-state index in [9.17, 15) is 12.8 Å². The second-order valence-electron chi connectivity index (χ2n) is 3.42. The fourth-order valence-corrected chi connectivity index (χ4v) is 2.64. The Bertz CT molecular complexity index is 531. The first kappa shape index (κ1) is 12.7. The maximum absolute atomic E-state index is 12.8. The van der Waals surface area contributed by atoms with Gasteiger partial charge in [0.05, 0.1) is 10.9 Å². The van der Waals surface area contributed by atoms with Crippen LogP contribution in [0.2, 0.25) is 0 Å². The van der Waals surface area contributed by atoms with Crippen LogP contribution < -0.4 is 4.72 Å². The third kappa shape index (κ3) is 2.81. The predicted molar refractivity (Wildman–Crippen MR) is 59.8 cm³/mol. The third-order valence-corrected chi connectivity index (χ3v) is 3.71. The van der Waals surface area contributed by atoms with Gasteiger partial charge in [0.15, 0.2) is 0 Å². The normalized spacial score (nSPS) is 13.1. The van der Waals surface area contributed by atoms with Crippen LogP contribution in [0, 0.1) is 25.1 Å². The molecule has 0 aliphatic carbocycles. The first-order chi connectivity index (χ1) is 7.36. The summed E-state index contributed by atoms with van der Waals surface area (Å²) in [5, 5.41) is 0. The van der Waals surface area contributed by atoms with Crippen molar-refractivity contribution in [1.29, 1.82) is 0 Å². The molecule has 16 heavy (non-hydrogen) atoms. The second-order valence-corrected chi connectivity index (χ2v) is 5.10. The average Bonchev–Trinajstić information content (AvgIpc) is 2.16. The lowest BCUT2D eigenvalue weighted by molar-refractivity contribution is 0.576. The minimum atomic E-state index is -3.68. The van der Waals surface area contributed by atoms with Crippen LogP contribution in [0.5, 0.6) is 0 Å². The average molecular weight is 241 g/mol. The van der Waals surface area contributed by atoms with Crippen molar-refractivity contribution in [2.24, 2.45) is 0 Å². The van der Waals surface area contributed by atoms with E-state index in [0.29, 0.717) is 5.56 Å². The van der Waals surface area contributed by atoms with Crippen LogP contribution in [0.4, 0.5) is 4.39 Å². The summed E-state index contributed by atoms with van der Waals surface area (Å²) in [6.07, 6.45) is 5.08. The number of sulfonamides is 1. The summed E-state index contributed by atoms with van der Waals surface area (Å²) < 4.78 is 38.7. The molecule has 1 aromatic carbocycles. The van der Waals surface area contributed by atoms with Crippen LogP contribution in [0.1, 0.15) is 12.5 Å². The molecule has 0 aliphatic heterocycles. The maximum atomic E-state index is 12.8. The van der Waals surface area contributed by atoms with Crippen molar-refractivity contribution in [1.82, 2.24) is 4.72 Å². The lowest BCUT2D eigenvalue weighted by Crippen LogP contribution is -2.31. The highest BCUT2D eigenvalue weighted by molar-refractivity contribution is 7.89. The molecule has 0 saturated heterocycles. The molecule has 0 radical (unpaired) electrons. The van der Waals surface area contributed by atoms with E-state index in [1.807, 2.05) is 0 Å². The van der Waals surface area contributed by atoms with Gasteiger partial charge in [-0.3, -0.25) is 0 Å². The van der Waals surface area contributed by atoms with Gasteiger partial charge in [0.1, 0.15) is 5.82 Å². The Hall–Kier alpha value is -1.38. The van der Waals surface area contributed by atoms with Crippen molar-refractivity contribution in [3.05, 3.63) is 29.6 Å². The zero-order chi connectivity index (χ0) is 12.3. The highest BCUT2D eigenvalue weighted by atomic mass is 32.2. The van der Waals surface area contributed by atoms with Crippen LogP contribution >= 0.6 is 0 Å². The molecule has 86 valence electrons. The number of rotatable bonds is 3. The van der Waals surface area contributed by atoms with E-state index in [4.69, 9.17) is 6.42 Å². The Kier molecular flexibility index (Phi) is 3.68. The fraction of sp³-hybridized carbons (Fsp3) is 0.273. The first-order valence-corrected chi connectivity index (χ1v) is 6.10. The van der Waals surface area contributed by atoms with Gasteiger partial charge in [0, 0.05) is 0 Å². The van der Waals surface area contributed by atoms with E-state index in [0.717, 1.165) is 12.1 Å². The van der Waals surface area contributed by atoms with Crippen LogP contribution in [0.25, 0.3) is 0 Å². The third-order valence-electron chi connectivity index (χ3n) is 2.01. The Morgan fingerprint density at radius 2 is 2.12 bits per heavy atom. The van der Waals surface area contributed by atoms with E-state index in [1.54, 1.807) is 6.92 Å². The van der Waals surface area contributed by atoms with Gasteiger partial charge in [-0.2, -0.15) is 4.72 Å². The number of nitrogens with one attached hydrogen (secondary N) is 1. The summed E-state index contributed by atoms with van der Waals surface area (Å²) in [4.78, 5) is 0.0380. The lowest BCUT2D eigenvalue weighted by atomic mass is 10.2. The Morgan fingerprint density at radius 1 is 1.50 bits per heavy atom. The molecule has 0 bridgehead atoms. The first-order valence-electron chi connectivity index (χ1n) is 4.61. The van der Waals surface area contributed by atoms with E-state index >= 15 is 0 Å². The van der Waals surface area contributed by atoms with Gasteiger partial charge in [-0.1, -0.05) is 5.92 Å². The number of benzene rings is 1. The highest BCUT2D eigenvalue weighted by Crippen LogP contribution is 2.16. The van der Waals surface area contributed by atoms with Gasteiger partial charge in [0.2, 0.25) is 10.0 Å².